The number of esters is 1. The van der Waals surface area contributed by atoms with Gasteiger partial charge >= 0.3 is 18.0 Å². The highest BCUT2D eigenvalue weighted by Gasteiger charge is 2.45. The predicted molar refractivity (Wildman–Crippen MR) is 169 cm³/mol. The van der Waals surface area contributed by atoms with Gasteiger partial charge < -0.3 is 25.4 Å². The minimum atomic E-state index is -3.66. The summed E-state index contributed by atoms with van der Waals surface area (Å²) in [4.78, 5) is 48.5. The van der Waals surface area contributed by atoms with Crippen LogP contribution in [0.5, 0.6) is 0 Å². The molecule has 3 unspecified atom stereocenters. The molecule has 1 aliphatic rings. The number of alkyl carbamates (subject to hydrolysis) is 1. The smallest absolute Gasteiger partial charge is 0.408 e. The van der Waals surface area contributed by atoms with Crippen molar-refractivity contribution >= 4 is 35.5 Å². The van der Waals surface area contributed by atoms with Crippen molar-refractivity contribution in [3.63, 3.8) is 0 Å². The summed E-state index contributed by atoms with van der Waals surface area (Å²) in [7, 11) is 1.19. The van der Waals surface area contributed by atoms with Gasteiger partial charge in [0.05, 0.1) is 7.11 Å². The summed E-state index contributed by atoms with van der Waals surface area (Å²) < 4.78 is 40.7. The first-order valence-corrected chi connectivity index (χ1v) is 14.9. The maximum Gasteiger partial charge on any atom is 0.408 e. The number of methoxy groups -OCH3 is 1. The number of halogens is 3. The Kier molecular flexibility index (Phi) is 13.7. The van der Waals surface area contributed by atoms with Crippen molar-refractivity contribution in [2.45, 2.75) is 37.8 Å². The molecule has 0 spiro atoms. The molecule has 4 rings (SSSR count). The average molecular weight is 656 g/mol. The van der Waals surface area contributed by atoms with Gasteiger partial charge in [-0.2, -0.15) is 8.78 Å². The zero-order valence-electron chi connectivity index (χ0n) is 25.4. The lowest BCUT2D eigenvalue weighted by molar-refractivity contribution is -0.135. The molecule has 3 aromatic carbocycles. The van der Waals surface area contributed by atoms with Gasteiger partial charge in [0.25, 0.3) is 0 Å². The quantitative estimate of drug-likeness (QED) is 0.182. The van der Waals surface area contributed by atoms with Gasteiger partial charge in [0.15, 0.2) is 6.10 Å². The minimum Gasteiger partial charge on any atom is -0.466 e. The summed E-state index contributed by atoms with van der Waals surface area (Å²) in [5.74, 6) is -5.55. The molecule has 12 heteroatoms. The fourth-order valence-electron chi connectivity index (χ4n) is 4.54. The molecule has 0 aromatic heterocycles. The number of carbonyl (C=O) groups excluding carboxylic acids is 4. The Hall–Kier alpha value is -4.77. The number of hydrogen-bond acceptors (Lipinski definition) is 6. The molecule has 3 N–H and O–H groups in total. The number of rotatable bonds is 11. The number of benzene rings is 3. The van der Waals surface area contributed by atoms with Gasteiger partial charge in [0, 0.05) is 35.2 Å². The van der Waals surface area contributed by atoms with Crippen molar-refractivity contribution in [2.24, 2.45) is 5.92 Å². The number of ether oxygens (including phenoxy) is 2. The van der Waals surface area contributed by atoms with E-state index in [2.05, 4.69) is 39.7 Å². The van der Waals surface area contributed by atoms with E-state index in [4.69, 9.17) is 16.3 Å². The number of aryl methyl sites for hydroxylation is 1. The van der Waals surface area contributed by atoms with Gasteiger partial charge in [-0.3, -0.25) is 9.59 Å². The first-order chi connectivity index (χ1) is 22.0. The SMILES string of the molecule is COC(=O)/C=C/C(CC1CCNC1=O)NC(=O)CNC(=O)OC(c1ccccc1)C(F)(F)c1cccc(Cl)c1.Cc1ccccc1. The van der Waals surface area contributed by atoms with E-state index in [1.165, 1.54) is 61.2 Å². The van der Waals surface area contributed by atoms with E-state index in [0.717, 1.165) is 12.1 Å². The Morgan fingerprint density at radius 1 is 1.04 bits per heavy atom. The summed E-state index contributed by atoms with van der Waals surface area (Å²) in [5.41, 5.74) is 0.901. The molecular formula is C34H36ClF2N3O6. The van der Waals surface area contributed by atoms with Gasteiger partial charge in [-0.15, -0.1) is 0 Å². The molecule has 1 fully saturated rings. The lowest BCUT2D eigenvalue weighted by Crippen LogP contribution is -2.43. The highest BCUT2D eigenvalue weighted by atomic mass is 35.5. The second-order valence-corrected chi connectivity index (χ2v) is 10.8. The largest absolute Gasteiger partial charge is 0.466 e. The summed E-state index contributed by atoms with van der Waals surface area (Å²) in [6.07, 6.45) is -0.0116. The van der Waals surface area contributed by atoms with Crippen LogP contribution in [-0.4, -0.2) is 50.1 Å². The average Bonchev–Trinajstić information content (AvgIpc) is 3.45. The van der Waals surface area contributed by atoms with E-state index in [1.807, 2.05) is 18.2 Å². The Morgan fingerprint density at radius 3 is 2.28 bits per heavy atom. The molecule has 9 nitrogen and oxygen atoms in total. The summed E-state index contributed by atoms with van der Waals surface area (Å²) in [6.45, 7) is 1.98. The highest BCUT2D eigenvalue weighted by molar-refractivity contribution is 6.30. The van der Waals surface area contributed by atoms with Crippen LogP contribution < -0.4 is 16.0 Å². The molecule has 0 saturated carbocycles. The standard InChI is InChI=1S/C27H28ClF2N3O6.C7H8/c1-38-23(35)11-10-21(14-18-12-13-31-25(18)36)33-22(34)16-32-26(37)39-24(17-6-3-2-4-7-17)27(29,30)19-8-5-9-20(28)15-19;1-7-5-3-2-4-6-7/h2-11,15,18,21,24H,12-14,16H2,1H3,(H,31,36)(H,32,37)(H,33,34);2-6H,1H3/b11-10+;. The van der Waals surface area contributed by atoms with Crippen LogP contribution in [-0.2, 0) is 29.8 Å². The second-order valence-electron chi connectivity index (χ2n) is 10.4. The first kappa shape index (κ1) is 35.7. The summed E-state index contributed by atoms with van der Waals surface area (Å²) >= 11 is 5.89. The monoisotopic (exact) mass is 655 g/mol. The zero-order valence-corrected chi connectivity index (χ0v) is 26.1. The maximum absolute atomic E-state index is 15.5. The van der Waals surface area contributed by atoms with Crippen molar-refractivity contribution in [3.8, 4) is 0 Å². The summed E-state index contributed by atoms with van der Waals surface area (Å²) in [5, 5.41) is 7.56. The van der Waals surface area contributed by atoms with Crippen LogP contribution in [0.25, 0.3) is 0 Å². The number of nitrogens with one attached hydrogen (secondary N) is 3. The number of carbonyl (C=O) groups is 4. The molecule has 0 radical (unpaired) electrons. The Morgan fingerprint density at radius 2 is 1.72 bits per heavy atom. The van der Waals surface area contributed by atoms with E-state index in [-0.39, 0.29) is 28.8 Å². The fourth-order valence-corrected chi connectivity index (χ4v) is 4.73. The van der Waals surface area contributed by atoms with Crippen molar-refractivity contribution in [3.05, 3.63) is 119 Å². The van der Waals surface area contributed by atoms with Gasteiger partial charge in [-0.05, 0) is 37.5 Å². The van der Waals surface area contributed by atoms with E-state index < -0.39 is 48.1 Å². The third kappa shape index (κ3) is 11.3. The third-order valence-corrected chi connectivity index (χ3v) is 7.15. The van der Waals surface area contributed by atoms with Gasteiger partial charge in [-0.1, -0.05) is 96.0 Å². The van der Waals surface area contributed by atoms with Crippen molar-refractivity contribution in [2.75, 3.05) is 20.2 Å². The van der Waals surface area contributed by atoms with E-state index >= 15 is 8.78 Å². The molecule has 1 saturated heterocycles. The minimum absolute atomic E-state index is 0.0323. The maximum atomic E-state index is 15.5. The molecule has 1 heterocycles. The lowest BCUT2D eigenvalue weighted by Gasteiger charge is -2.27. The number of amides is 3. The fraction of sp³-hybridized carbons (Fsp3) is 0.294. The zero-order chi connectivity index (χ0) is 33.5. The van der Waals surface area contributed by atoms with Crippen LogP contribution in [0.2, 0.25) is 5.02 Å². The van der Waals surface area contributed by atoms with Gasteiger partial charge in [0.2, 0.25) is 11.8 Å². The van der Waals surface area contributed by atoms with E-state index in [0.29, 0.717) is 13.0 Å². The Labute approximate surface area is 271 Å². The van der Waals surface area contributed by atoms with Crippen LogP contribution in [0, 0.1) is 12.8 Å². The van der Waals surface area contributed by atoms with Crippen LogP contribution >= 0.6 is 11.6 Å². The first-order valence-electron chi connectivity index (χ1n) is 14.5. The topological polar surface area (TPSA) is 123 Å². The van der Waals surface area contributed by atoms with Crippen molar-refractivity contribution in [1.82, 2.24) is 16.0 Å². The van der Waals surface area contributed by atoms with E-state index in [1.54, 1.807) is 6.07 Å². The second kappa shape index (κ2) is 17.6. The third-order valence-electron chi connectivity index (χ3n) is 6.91. The van der Waals surface area contributed by atoms with Gasteiger partial charge in [0.1, 0.15) is 6.54 Å². The molecule has 0 aliphatic carbocycles. The molecule has 1 aliphatic heterocycles. The highest BCUT2D eigenvalue weighted by Crippen LogP contribution is 2.43. The number of hydrogen-bond donors (Lipinski definition) is 3. The van der Waals surface area contributed by atoms with Gasteiger partial charge in [-0.25, -0.2) is 9.59 Å². The van der Waals surface area contributed by atoms with Crippen LogP contribution in [0.3, 0.4) is 0 Å². The van der Waals surface area contributed by atoms with E-state index in [9.17, 15) is 19.2 Å². The Bertz CT molecular complexity index is 1490. The van der Waals surface area contributed by atoms with Crippen LogP contribution in [0.1, 0.15) is 35.6 Å². The number of alkyl halides is 2. The predicted octanol–water partition coefficient (Wildman–Crippen LogP) is 5.63. The Balaban J connectivity index is 0.000000724. The van der Waals surface area contributed by atoms with Crippen molar-refractivity contribution in [1.29, 1.82) is 0 Å². The molecular weight excluding hydrogens is 620 g/mol. The van der Waals surface area contributed by atoms with Crippen LogP contribution in [0.4, 0.5) is 13.6 Å². The summed E-state index contributed by atoms with van der Waals surface area (Å²) in [6, 6.07) is 22.0. The molecule has 3 aromatic rings. The van der Waals surface area contributed by atoms with Crippen molar-refractivity contribution < 1.29 is 37.4 Å². The lowest BCUT2D eigenvalue weighted by atomic mass is 9.97. The molecule has 0 bridgehead atoms. The molecule has 244 valence electrons. The normalized spacial score (nSPS) is 15.5. The molecule has 46 heavy (non-hydrogen) atoms. The molecule has 3 atom stereocenters. The van der Waals surface area contributed by atoms with Crippen LogP contribution in [0.15, 0.2) is 97.1 Å². The molecule has 3 amide bonds.